The Balaban J connectivity index is 0.000000164. The summed E-state index contributed by atoms with van der Waals surface area (Å²) in [7, 11) is 0. The van der Waals surface area contributed by atoms with Crippen molar-refractivity contribution in [3.05, 3.63) is 141 Å². The SMILES string of the molecule is CC1(C)C(=O)CC[C@]2(C)C3=CCCC[C@]3(CO)CC[C@@H]12.CC1(C)[C@@H]2CC[C@@]3(C=CCl)CCCC=C3[C@@]2(C)CCC12OCCO2.[C-]#C[C@]12C=C(C#N)C(=O)C=C1[C@@]1(C)C=C([N+]#[C-])C(=O)C(C)(C)[C@@H]1CC2.[C-]#[N+]C1=C[C@]2(C)C3=CC(=O)C(C#N)=C[C@]3(C#C)CC[C@H]2C(C)(C)C1=O.[CH2-]S.[Y]. The number of carbonyl (C=O) groups is 5. The van der Waals surface area contributed by atoms with Gasteiger partial charge in [-0.3, -0.25) is 20.6 Å². The Morgan fingerprint density at radius 3 is 1.60 bits per heavy atom. The van der Waals surface area contributed by atoms with Crippen LogP contribution in [-0.2, 0) is 66.2 Å². The number of aliphatic hydroxyl groups excluding tert-OH is 1. The van der Waals surface area contributed by atoms with E-state index in [1.165, 1.54) is 62.3 Å². The summed E-state index contributed by atoms with van der Waals surface area (Å²) < 4.78 is 12.4. The summed E-state index contributed by atoms with van der Waals surface area (Å²) in [6.07, 6.45) is 51.4. The molecular formula is C82H97ClN4O8SY-2. The molecule has 12 aliphatic carbocycles. The van der Waals surface area contributed by atoms with Crippen molar-refractivity contribution >= 4 is 53.1 Å². The zero-order valence-corrected chi connectivity index (χ0v) is 63.7. The van der Waals surface area contributed by atoms with Gasteiger partial charge in [-0.05, 0) is 173 Å². The van der Waals surface area contributed by atoms with Crippen LogP contribution < -0.4 is 0 Å². The van der Waals surface area contributed by atoms with Gasteiger partial charge in [-0.1, -0.05) is 142 Å². The molecule has 7 fully saturated rings. The molecule has 0 aromatic rings. The number of Topliss-reactive ketones (excluding diaryl/α,β-unsaturated/α-hetero) is 3. The van der Waals surface area contributed by atoms with Gasteiger partial charge in [0.15, 0.2) is 28.9 Å². The van der Waals surface area contributed by atoms with E-state index in [4.69, 9.17) is 47.1 Å². The molecule has 13 aliphatic rings. The van der Waals surface area contributed by atoms with Crippen molar-refractivity contribution in [1.82, 2.24) is 0 Å². The molecule has 0 aromatic heterocycles. The summed E-state index contributed by atoms with van der Waals surface area (Å²) in [5, 5.41) is 28.5. The third-order valence-electron chi connectivity index (χ3n) is 27.1. The molecule has 97 heavy (non-hydrogen) atoms. The fraction of sp³-hybridized carbons (Fsp3) is 0.610. The van der Waals surface area contributed by atoms with Crippen LogP contribution in [0.2, 0.25) is 0 Å². The predicted molar refractivity (Wildman–Crippen MR) is 375 cm³/mol. The zero-order chi connectivity index (χ0) is 70.9. The Morgan fingerprint density at radius 1 is 0.629 bits per heavy atom. The minimum Gasteiger partial charge on any atom is -0.692 e. The summed E-state index contributed by atoms with van der Waals surface area (Å²) in [6.45, 7) is 41.7. The van der Waals surface area contributed by atoms with Crippen molar-refractivity contribution in [2.45, 2.75) is 204 Å². The molecule has 0 aromatic carbocycles. The van der Waals surface area contributed by atoms with Crippen LogP contribution >= 0.6 is 24.2 Å². The van der Waals surface area contributed by atoms with Crippen LogP contribution in [0, 0.1) is 155 Å². The van der Waals surface area contributed by atoms with E-state index in [0.29, 0.717) is 55.3 Å². The quantitative estimate of drug-likeness (QED) is 0.117. The van der Waals surface area contributed by atoms with Gasteiger partial charge in [0.1, 0.15) is 17.9 Å². The average molecular weight is 1420 g/mol. The van der Waals surface area contributed by atoms with Gasteiger partial charge in [0.2, 0.25) is 11.4 Å². The monoisotopic (exact) mass is 1420 g/mol. The predicted octanol–water partition coefficient (Wildman–Crippen LogP) is 17.1. The smallest absolute Gasteiger partial charge is 0.226 e. The van der Waals surface area contributed by atoms with Gasteiger partial charge in [0.05, 0.1) is 49.5 Å². The number of aliphatic hydroxyl groups is 1. The molecule has 0 amide bonds. The minimum atomic E-state index is -0.926. The van der Waals surface area contributed by atoms with Crippen LogP contribution in [0.1, 0.15) is 199 Å². The number of rotatable bonds is 2. The standard InChI is InChI=1S/C21H31ClO2.C21H18N2O2.C21H17N2O2.C18H28O2.CH3S.Y/c1-18(2)16-7-9-20(12-13-22)8-5-4-6-17(20)19(16,3)10-11-21(18)23-14-15-24-21;2*1-6-21-8-7-16-19(2,3)18(25)14(23-5)11-20(16,4)17(21)9-15(24)13(10-21)12-22;1-16(2)13-7-11-18(12-19)9-5-4-6-14(18)17(13,3)10-8-15(16)20;1-2;/h6,12-13,16H,4-5,7-11,14-15H2,1-3H3;1,9-11,16H,7-8H2,2-4H3;9-11,16H,7-8H2,2-4H3;6,13,19H,4-5,7-12H2,1-3H3;2H,1H2;/q;;-1;;-1;/t16-,19-,20+;2*16-,20-,21-;13-,17-,18+;;/m0000../s1. The molecule has 6 saturated carbocycles. The van der Waals surface area contributed by atoms with E-state index in [2.05, 4.69) is 100 Å². The second kappa shape index (κ2) is 27.6. The van der Waals surface area contributed by atoms with Crippen LogP contribution in [-0.4, -0.2) is 59.6 Å². The summed E-state index contributed by atoms with van der Waals surface area (Å²) in [5.41, 5.74) is 2.41. The van der Waals surface area contributed by atoms with E-state index < -0.39 is 38.3 Å². The maximum absolute atomic E-state index is 12.7. The fourth-order valence-corrected chi connectivity index (χ4v) is 22.5. The van der Waals surface area contributed by atoms with E-state index >= 15 is 0 Å². The first kappa shape index (κ1) is 77.5. The molecule has 0 bridgehead atoms. The number of carbonyl (C=O) groups excluding carboxylic acids is 5. The topological polar surface area (TPSA) is 180 Å². The molecule has 1 saturated heterocycles. The number of hydrogen-bond donors (Lipinski definition) is 2. The number of terminal acetylenes is 1. The molecule has 1 N–H and O–H groups in total. The summed E-state index contributed by atoms with van der Waals surface area (Å²) >= 11 is 9.35. The second-order valence-electron chi connectivity index (χ2n) is 32.8. The van der Waals surface area contributed by atoms with E-state index in [1.807, 2.05) is 53.7 Å². The number of hydrogen-bond acceptors (Lipinski definition) is 11. The number of nitriles is 2. The maximum atomic E-state index is 12.7. The number of nitrogens with zero attached hydrogens (tertiary/aromatic N) is 4. The van der Waals surface area contributed by atoms with Crippen molar-refractivity contribution in [3.8, 4) is 30.4 Å². The maximum Gasteiger partial charge on any atom is 0.226 e. The molecule has 1 spiro atoms. The molecular weight excluding hydrogens is 1330 g/mol. The number of thiol groups is 1. The average Bonchev–Trinajstić information content (AvgIpc) is 1.21. The fourth-order valence-electron chi connectivity index (χ4n) is 22.3. The van der Waals surface area contributed by atoms with Crippen LogP contribution in [0.25, 0.3) is 9.69 Å². The van der Waals surface area contributed by atoms with E-state index in [9.17, 15) is 39.6 Å². The van der Waals surface area contributed by atoms with Gasteiger partial charge in [0.25, 0.3) is 0 Å². The Labute approximate surface area is 614 Å². The Morgan fingerprint density at radius 2 is 1.10 bits per heavy atom. The van der Waals surface area contributed by atoms with Crippen LogP contribution in [0.4, 0.5) is 0 Å². The Hall–Kier alpha value is -5.29. The van der Waals surface area contributed by atoms with Crippen molar-refractivity contribution in [2.75, 3.05) is 19.8 Å². The summed E-state index contributed by atoms with van der Waals surface area (Å²) in [6, 6.07) is 3.83. The molecule has 511 valence electrons. The molecule has 1 heterocycles. The number of halogens is 1. The van der Waals surface area contributed by atoms with Gasteiger partial charge >= 0.3 is 0 Å². The zero-order valence-electron chi connectivity index (χ0n) is 59.2. The first-order valence-electron chi connectivity index (χ1n) is 34.5. The molecule has 0 unspecified atom stereocenters. The number of allylic oxidation sites excluding steroid dienone is 16. The van der Waals surface area contributed by atoms with Crippen LogP contribution in [0.5, 0.6) is 0 Å². The Kier molecular flexibility index (Phi) is 22.0. The molecule has 12 atom stereocenters. The van der Waals surface area contributed by atoms with Gasteiger partial charge in [-0.2, -0.15) is 10.5 Å². The van der Waals surface area contributed by atoms with Crippen molar-refractivity contribution in [1.29, 1.82) is 10.5 Å². The van der Waals surface area contributed by atoms with Crippen LogP contribution in [0.15, 0.2) is 105 Å². The molecule has 13 rings (SSSR count). The van der Waals surface area contributed by atoms with Crippen molar-refractivity contribution in [3.63, 3.8) is 0 Å². The molecule has 15 heteroatoms. The van der Waals surface area contributed by atoms with Gasteiger partial charge < -0.3 is 49.1 Å². The van der Waals surface area contributed by atoms with Gasteiger partial charge in [-0.15, -0.1) is 6.42 Å². The first-order valence-corrected chi connectivity index (χ1v) is 35.6. The van der Waals surface area contributed by atoms with Crippen molar-refractivity contribution < 1.29 is 71.3 Å². The van der Waals surface area contributed by atoms with Gasteiger partial charge in [-0.25, -0.2) is 9.69 Å². The van der Waals surface area contributed by atoms with Crippen LogP contribution in [0.3, 0.4) is 0 Å². The minimum absolute atomic E-state index is 0. The van der Waals surface area contributed by atoms with E-state index in [0.717, 1.165) is 63.7 Å². The third-order valence-corrected chi connectivity index (χ3v) is 27.2. The third kappa shape index (κ3) is 11.9. The normalized spacial score (nSPS) is 38.2. The largest absolute Gasteiger partial charge is 0.692 e. The molecule has 1 aliphatic heterocycles. The van der Waals surface area contributed by atoms with E-state index in [1.54, 1.807) is 29.3 Å². The van der Waals surface area contributed by atoms with Gasteiger partial charge in [0, 0.05) is 99.8 Å². The first-order chi connectivity index (χ1) is 45.1. The number of ketones is 5. The second-order valence-corrected chi connectivity index (χ2v) is 33.0. The summed E-state index contributed by atoms with van der Waals surface area (Å²) in [5.74, 6) is 5.22. The molecule has 12 nitrogen and oxygen atoms in total. The number of ether oxygens (including phenoxy) is 2. The molecule has 1 radical (unpaired) electrons. The summed E-state index contributed by atoms with van der Waals surface area (Å²) in [4.78, 5) is 69.2. The number of fused-ring (bicyclic) bond motifs is 12. The van der Waals surface area contributed by atoms with Crippen molar-refractivity contribution in [2.24, 2.45) is 88.7 Å². The van der Waals surface area contributed by atoms with E-state index in [-0.39, 0.29) is 129 Å². The Bertz CT molecular complexity index is 3730.